The van der Waals surface area contributed by atoms with Gasteiger partial charge in [-0.15, -0.1) is 0 Å². The predicted octanol–water partition coefficient (Wildman–Crippen LogP) is 3.69. The molecule has 0 spiro atoms. The summed E-state index contributed by atoms with van der Waals surface area (Å²) in [6.07, 6.45) is 0. The minimum atomic E-state index is -4.07. The quantitative estimate of drug-likeness (QED) is 0.667. The lowest BCUT2D eigenvalue weighted by atomic mass is 10.1. The Morgan fingerprint density at radius 2 is 1.56 bits per heavy atom. The molecule has 0 unspecified atom stereocenters. The molecule has 3 aromatic rings. The van der Waals surface area contributed by atoms with Crippen molar-refractivity contribution < 1.29 is 17.0 Å². The summed E-state index contributed by atoms with van der Waals surface area (Å²) < 4.78 is 35.5. The van der Waals surface area contributed by atoms with Gasteiger partial charge in [-0.25, -0.2) is 4.79 Å². The second-order valence-electron chi connectivity index (χ2n) is 5.60. The van der Waals surface area contributed by atoms with E-state index in [4.69, 9.17) is 8.60 Å². The van der Waals surface area contributed by atoms with Gasteiger partial charge in [0.15, 0.2) is 5.75 Å². The molecule has 1 heterocycles. The van der Waals surface area contributed by atoms with Crippen molar-refractivity contribution in [3.05, 3.63) is 82.4 Å². The van der Waals surface area contributed by atoms with Crippen molar-refractivity contribution in [2.75, 3.05) is 0 Å². The van der Waals surface area contributed by atoms with Gasteiger partial charge in [-0.3, -0.25) is 0 Å². The molecule has 5 nitrogen and oxygen atoms in total. The number of hydrogen-bond donors (Lipinski definition) is 0. The normalized spacial score (nSPS) is 11.3. The molecule has 0 saturated carbocycles. The Balaban J connectivity index is 2.11. The highest BCUT2D eigenvalue weighted by atomic mass is 32.2. The van der Waals surface area contributed by atoms with Gasteiger partial charge in [-0.05, 0) is 31.5 Å². The van der Waals surface area contributed by atoms with Crippen LogP contribution in [0.15, 0.2) is 74.8 Å². The van der Waals surface area contributed by atoms with Crippen molar-refractivity contribution in [3.8, 4) is 16.9 Å². The summed E-state index contributed by atoms with van der Waals surface area (Å²) in [6, 6.07) is 16.3. The largest absolute Gasteiger partial charge is 0.428 e. The molecule has 0 fully saturated rings. The summed E-state index contributed by atoms with van der Waals surface area (Å²) in [4.78, 5) is 12.3. The van der Waals surface area contributed by atoms with Crippen LogP contribution in [0.2, 0.25) is 0 Å². The topological polar surface area (TPSA) is 73.6 Å². The van der Waals surface area contributed by atoms with E-state index in [9.17, 15) is 13.2 Å². The Morgan fingerprint density at radius 3 is 2.20 bits per heavy atom. The molecular weight excluding hydrogens is 340 g/mol. The molecule has 128 valence electrons. The highest BCUT2D eigenvalue weighted by Crippen LogP contribution is 2.30. The van der Waals surface area contributed by atoms with Gasteiger partial charge in [-0.2, -0.15) is 8.42 Å². The molecule has 0 N–H and O–H groups in total. The number of rotatable bonds is 4. The molecular formula is C19H16O5S. The van der Waals surface area contributed by atoms with Crippen LogP contribution in [0.4, 0.5) is 0 Å². The van der Waals surface area contributed by atoms with Crippen molar-refractivity contribution >= 4 is 10.1 Å². The first-order valence-electron chi connectivity index (χ1n) is 7.58. The fraction of sp³-hybridized carbons (Fsp3) is 0.105. The van der Waals surface area contributed by atoms with E-state index in [-0.39, 0.29) is 22.0 Å². The van der Waals surface area contributed by atoms with Gasteiger partial charge in [0.1, 0.15) is 16.2 Å². The number of benzene rings is 2. The van der Waals surface area contributed by atoms with Crippen LogP contribution in [-0.4, -0.2) is 8.42 Å². The molecule has 0 aliphatic rings. The van der Waals surface area contributed by atoms with Crippen LogP contribution in [0.5, 0.6) is 5.75 Å². The van der Waals surface area contributed by atoms with Gasteiger partial charge in [-0.1, -0.05) is 48.0 Å². The maximum atomic E-state index is 12.6. The minimum absolute atomic E-state index is 0.0167. The van der Waals surface area contributed by atoms with Crippen LogP contribution in [0.1, 0.15) is 11.3 Å². The van der Waals surface area contributed by atoms with Crippen LogP contribution in [0, 0.1) is 13.8 Å². The number of hydrogen-bond acceptors (Lipinski definition) is 5. The first-order valence-corrected chi connectivity index (χ1v) is 8.99. The molecule has 2 aromatic carbocycles. The summed E-state index contributed by atoms with van der Waals surface area (Å²) >= 11 is 0. The van der Waals surface area contributed by atoms with Crippen LogP contribution in [0.25, 0.3) is 11.1 Å². The third-order valence-electron chi connectivity index (χ3n) is 3.61. The van der Waals surface area contributed by atoms with Crippen molar-refractivity contribution in [2.45, 2.75) is 18.7 Å². The standard InChI is InChI=1S/C19H16O5S/c1-13-8-10-16(11-9-13)25(21,22)24-17-12-14(2)23-19(20)18(17)15-6-4-3-5-7-15/h3-12H,1-2H3. The van der Waals surface area contributed by atoms with Crippen LogP contribution in [0.3, 0.4) is 0 Å². The molecule has 25 heavy (non-hydrogen) atoms. The fourth-order valence-corrected chi connectivity index (χ4v) is 3.32. The van der Waals surface area contributed by atoms with Gasteiger partial charge in [0.2, 0.25) is 0 Å². The maximum Gasteiger partial charge on any atom is 0.347 e. The van der Waals surface area contributed by atoms with E-state index in [2.05, 4.69) is 0 Å². The van der Waals surface area contributed by atoms with Crippen molar-refractivity contribution in [3.63, 3.8) is 0 Å². The van der Waals surface area contributed by atoms with E-state index in [1.165, 1.54) is 18.2 Å². The Hall–Kier alpha value is -2.86. The zero-order valence-corrected chi connectivity index (χ0v) is 14.5. The summed E-state index contributed by atoms with van der Waals surface area (Å²) in [7, 11) is -4.07. The molecule has 1 aromatic heterocycles. The van der Waals surface area contributed by atoms with Crippen molar-refractivity contribution in [2.24, 2.45) is 0 Å². The lowest BCUT2D eigenvalue weighted by Gasteiger charge is -2.11. The van der Waals surface area contributed by atoms with E-state index in [1.807, 2.05) is 6.92 Å². The van der Waals surface area contributed by atoms with E-state index in [0.29, 0.717) is 5.56 Å². The Morgan fingerprint density at radius 1 is 0.920 bits per heavy atom. The summed E-state index contributed by atoms with van der Waals surface area (Å²) in [5.74, 6) is 0.208. The van der Waals surface area contributed by atoms with Crippen molar-refractivity contribution in [1.82, 2.24) is 0 Å². The molecule has 0 amide bonds. The Bertz CT molecular complexity index is 1050. The number of aryl methyl sites for hydroxylation is 2. The zero-order valence-electron chi connectivity index (χ0n) is 13.7. The molecule has 0 aliphatic carbocycles. The van der Waals surface area contributed by atoms with E-state index in [0.717, 1.165) is 5.56 Å². The summed E-state index contributed by atoms with van der Waals surface area (Å²) in [5.41, 5.74) is 0.868. The highest BCUT2D eigenvalue weighted by molar-refractivity contribution is 7.87. The smallest absolute Gasteiger partial charge is 0.347 e. The van der Waals surface area contributed by atoms with Crippen molar-refractivity contribution in [1.29, 1.82) is 0 Å². The monoisotopic (exact) mass is 356 g/mol. The van der Waals surface area contributed by atoms with Crippen LogP contribution in [-0.2, 0) is 10.1 Å². The molecule has 0 saturated heterocycles. The molecule has 0 atom stereocenters. The average Bonchev–Trinajstić information content (AvgIpc) is 2.55. The zero-order chi connectivity index (χ0) is 18.0. The summed E-state index contributed by atoms with van der Waals surface area (Å²) in [5, 5.41) is 0. The second kappa shape index (κ2) is 6.57. The molecule has 6 heteroatoms. The average molecular weight is 356 g/mol. The Labute approximate surface area is 145 Å². The van der Waals surface area contributed by atoms with Gasteiger partial charge in [0, 0.05) is 6.07 Å². The van der Waals surface area contributed by atoms with Crippen LogP contribution < -0.4 is 9.81 Å². The minimum Gasteiger partial charge on any atom is -0.428 e. The second-order valence-corrected chi connectivity index (χ2v) is 7.15. The molecule has 0 radical (unpaired) electrons. The molecule has 3 rings (SSSR count). The third-order valence-corrected chi connectivity index (χ3v) is 4.86. The lowest BCUT2D eigenvalue weighted by molar-refractivity contribution is 0.456. The predicted molar refractivity (Wildman–Crippen MR) is 94.1 cm³/mol. The Kier molecular flexibility index (Phi) is 4.46. The van der Waals surface area contributed by atoms with Crippen LogP contribution >= 0.6 is 0 Å². The molecule has 0 bridgehead atoms. The third kappa shape index (κ3) is 3.64. The van der Waals surface area contributed by atoms with E-state index in [1.54, 1.807) is 49.4 Å². The lowest BCUT2D eigenvalue weighted by Crippen LogP contribution is -2.14. The van der Waals surface area contributed by atoms with Gasteiger partial charge in [0.25, 0.3) is 0 Å². The van der Waals surface area contributed by atoms with Gasteiger partial charge in [0.05, 0.1) is 0 Å². The van der Waals surface area contributed by atoms with E-state index >= 15 is 0 Å². The summed E-state index contributed by atoms with van der Waals surface area (Å²) in [6.45, 7) is 3.41. The first kappa shape index (κ1) is 17.0. The van der Waals surface area contributed by atoms with E-state index < -0.39 is 15.7 Å². The molecule has 0 aliphatic heterocycles. The maximum absolute atomic E-state index is 12.6. The highest BCUT2D eigenvalue weighted by Gasteiger charge is 2.22. The SMILES string of the molecule is Cc1ccc(S(=O)(=O)Oc2cc(C)oc(=O)c2-c2ccccc2)cc1. The van der Waals surface area contributed by atoms with Gasteiger partial charge >= 0.3 is 15.7 Å². The fourth-order valence-electron chi connectivity index (χ4n) is 2.39. The van der Waals surface area contributed by atoms with Gasteiger partial charge < -0.3 is 8.60 Å². The first-order chi connectivity index (χ1) is 11.9.